The third-order valence-corrected chi connectivity index (χ3v) is 4.75. The zero-order valence-electron chi connectivity index (χ0n) is 9.85. The summed E-state index contributed by atoms with van der Waals surface area (Å²) in [5.74, 6) is 1.36. The average Bonchev–Trinajstić information content (AvgIpc) is 2.83. The van der Waals surface area contributed by atoms with Crippen molar-refractivity contribution in [1.82, 2.24) is 4.90 Å². The summed E-state index contributed by atoms with van der Waals surface area (Å²) in [6.45, 7) is 3.37. The first-order valence-electron chi connectivity index (χ1n) is 6.13. The molecule has 0 bridgehead atoms. The van der Waals surface area contributed by atoms with Gasteiger partial charge in [0.1, 0.15) is 0 Å². The van der Waals surface area contributed by atoms with Crippen molar-refractivity contribution in [2.75, 3.05) is 18.8 Å². The number of carbonyl (C=O) groups excluding carboxylic acids is 1. The zero-order valence-corrected chi connectivity index (χ0v) is 10.7. The van der Waals surface area contributed by atoms with Crippen LogP contribution in [0.1, 0.15) is 32.6 Å². The number of aliphatic hydroxyl groups is 1. The summed E-state index contributed by atoms with van der Waals surface area (Å²) >= 11 is 4.32. The number of aliphatic hydroxyl groups excluding tert-OH is 1. The minimum absolute atomic E-state index is 0.211. The van der Waals surface area contributed by atoms with E-state index in [1.807, 2.05) is 11.8 Å². The number of rotatable bonds is 4. The molecule has 1 aliphatic heterocycles. The second-order valence-corrected chi connectivity index (χ2v) is 5.78. The van der Waals surface area contributed by atoms with Crippen LogP contribution in [0.4, 0.5) is 0 Å². The highest BCUT2D eigenvalue weighted by molar-refractivity contribution is 7.80. The molecule has 0 spiro atoms. The summed E-state index contributed by atoms with van der Waals surface area (Å²) in [7, 11) is 0. The largest absolute Gasteiger partial charge is 0.393 e. The lowest BCUT2D eigenvalue weighted by Crippen LogP contribution is -2.32. The van der Waals surface area contributed by atoms with E-state index in [1.54, 1.807) is 0 Å². The first-order valence-corrected chi connectivity index (χ1v) is 6.76. The fourth-order valence-electron chi connectivity index (χ4n) is 2.41. The Labute approximate surface area is 103 Å². The highest BCUT2D eigenvalue weighted by atomic mass is 32.1. The van der Waals surface area contributed by atoms with Crippen LogP contribution < -0.4 is 0 Å². The fourth-order valence-corrected chi connectivity index (χ4v) is 2.84. The van der Waals surface area contributed by atoms with E-state index in [1.165, 1.54) is 0 Å². The van der Waals surface area contributed by atoms with Crippen molar-refractivity contribution in [3.63, 3.8) is 0 Å². The molecule has 1 N–H and O–H groups in total. The summed E-state index contributed by atoms with van der Waals surface area (Å²) in [6.07, 6.45) is 3.60. The predicted octanol–water partition coefficient (Wildman–Crippen LogP) is 1.32. The molecule has 3 nitrogen and oxygen atoms in total. The van der Waals surface area contributed by atoms with Crippen molar-refractivity contribution in [3.05, 3.63) is 0 Å². The quantitative estimate of drug-likeness (QED) is 0.731. The van der Waals surface area contributed by atoms with E-state index in [2.05, 4.69) is 12.6 Å². The van der Waals surface area contributed by atoms with Gasteiger partial charge in [-0.25, -0.2) is 0 Å². The van der Waals surface area contributed by atoms with Gasteiger partial charge >= 0.3 is 0 Å². The van der Waals surface area contributed by atoms with Crippen LogP contribution in [0.25, 0.3) is 0 Å². The molecule has 16 heavy (non-hydrogen) atoms. The topological polar surface area (TPSA) is 40.5 Å². The number of thiol groups is 1. The molecule has 2 aliphatic rings. The summed E-state index contributed by atoms with van der Waals surface area (Å²) in [5, 5.41) is 9.49. The van der Waals surface area contributed by atoms with Gasteiger partial charge in [-0.15, -0.1) is 0 Å². The van der Waals surface area contributed by atoms with Gasteiger partial charge in [-0.1, -0.05) is 0 Å². The Hall–Kier alpha value is -0.220. The lowest BCUT2D eigenvalue weighted by atomic mass is 10.0. The number of hydrogen-bond acceptors (Lipinski definition) is 3. The van der Waals surface area contributed by atoms with Crippen molar-refractivity contribution in [2.24, 2.45) is 11.3 Å². The van der Waals surface area contributed by atoms with Crippen LogP contribution in [0.3, 0.4) is 0 Å². The van der Waals surface area contributed by atoms with Gasteiger partial charge in [0.15, 0.2) is 0 Å². The Balaban J connectivity index is 1.83. The predicted molar refractivity (Wildman–Crippen MR) is 66.5 cm³/mol. The molecule has 2 unspecified atom stereocenters. The molecule has 1 saturated carbocycles. The van der Waals surface area contributed by atoms with Crippen molar-refractivity contribution in [2.45, 2.75) is 38.7 Å². The molecule has 2 fully saturated rings. The van der Waals surface area contributed by atoms with Gasteiger partial charge in [0.05, 0.1) is 6.10 Å². The molecule has 0 aromatic rings. The van der Waals surface area contributed by atoms with Gasteiger partial charge in [-0.2, -0.15) is 12.6 Å². The van der Waals surface area contributed by atoms with Crippen LogP contribution >= 0.6 is 12.6 Å². The molecule has 2 atom stereocenters. The number of likely N-dealkylation sites (tertiary alicyclic amines) is 1. The maximum absolute atomic E-state index is 12.0. The molecule has 0 aromatic heterocycles. The molecule has 1 amide bonds. The fraction of sp³-hybridized carbons (Fsp3) is 0.917. The Morgan fingerprint density at radius 1 is 1.62 bits per heavy atom. The second kappa shape index (κ2) is 4.57. The standard InChI is InChI=1S/C12H21NO2S/c1-9(14)10-2-5-13(7-10)11(15)6-12(8-16)3-4-12/h9-10,14,16H,2-8H2,1H3. The van der Waals surface area contributed by atoms with E-state index in [0.29, 0.717) is 6.42 Å². The first-order chi connectivity index (χ1) is 7.56. The van der Waals surface area contributed by atoms with Crippen molar-refractivity contribution >= 4 is 18.5 Å². The van der Waals surface area contributed by atoms with E-state index >= 15 is 0 Å². The van der Waals surface area contributed by atoms with Crippen molar-refractivity contribution < 1.29 is 9.90 Å². The van der Waals surface area contributed by atoms with E-state index in [-0.39, 0.29) is 23.3 Å². The van der Waals surface area contributed by atoms with Gasteiger partial charge in [0.2, 0.25) is 5.91 Å². The molecule has 1 heterocycles. The molecule has 4 heteroatoms. The summed E-state index contributed by atoms with van der Waals surface area (Å²) in [6, 6.07) is 0. The van der Waals surface area contributed by atoms with Gasteiger partial charge in [0, 0.05) is 25.4 Å². The number of carbonyl (C=O) groups is 1. The van der Waals surface area contributed by atoms with Crippen LogP contribution in [-0.2, 0) is 4.79 Å². The summed E-state index contributed by atoms with van der Waals surface area (Å²) in [4.78, 5) is 14.0. The van der Waals surface area contributed by atoms with Gasteiger partial charge in [0.25, 0.3) is 0 Å². The van der Waals surface area contributed by atoms with Crippen LogP contribution in [-0.4, -0.2) is 40.9 Å². The lowest BCUT2D eigenvalue weighted by molar-refractivity contribution is -0.131. The molecule has 1 saturated heterocycles. The highest BCUT2D eigenvalue weighted by Gasteiger charge is 2.44. The minimum atomic E-state index is -0.294. The molecule has 0 aromatic carbocycles. The first kappa shape index (κ1) is 12.2. The van der Waals surface area contributed by atoms with Crippen LogP contribution in [0.2, 0.25) is 0 Å². The van der Waals surface area contributed by atoms with Crippen molar-refractivity contribution in [1.29, 1.82) is 0 Å². The SMILES string of the molecule is CC(O)C1CCN(C(=O)CC2(CS)CC2)C1. The van der Waals surface area contributed by atoms with Gasteiger partial charge < -0.3 is 10.0 Å². The second-order valence-electron chi connectivity index (χ2n) is 5.46. The van der Waals surface area contributed by atoms with Gasteiger partial charge in [-0.05, 0) is 37.4 Å². The lowest BCUT2D eigenvalue weighted by Gasteiger charge is -2.20. The monoisotopic (exact) mass is 243 g/mol. The van der Waals surface area contributed by atoms with E-state index in [4.69, 9.17) is 0 Å². The zero-order chi connectivity index (χ0) is 11.8. The molecule has 0 radical (unpaired) electrons. The van der Waals surface area contributed by atoms with Crippen LogP contribution in [0, 0.1) is 11.3 Å². The normalized spacial score (nSPS) is 29.2. The summed E-state index contributed by atoms with van der Waals surface area (Å²) < 4.78 is 0. The van der Waals surface area contributed by atoms with Crippen molar-refractivity contribution in [3.8, 4) is 0 Å². The van der Waals surface area contributed by atoms with Gasteiger partial charge in [-0.3, -0.25) is 4.79 Å². The minimum Gasteiger partial charge on any atom is -0.393 e. The maximum atomic E-state index is 12.0. The van der Waals surface area contributed by atoms with E-state index < -0.39 is 0 Å². The molecule has 1 aliphatic carbocycles. The number of amides is 1. The summed E-state index contributed by atoms with van der Waals surface area (Å²) in [5.41, 5.74) is 0.211. The number of nitrogens with zero attached hydrogens (tertiary/aromatic N) is 1. The third kappa shape index (κ3) is 2.54. The molecule has 92 valence electrons. The average molecular weight is 243 g/mol. The highest BCUT2D eigenvalue weighted by Crippen LogP contribution is 2.50. The van der Waals surface area contributed by atoms with Crippen LogP contribution in [0.5, 0.6) is 0 Å². The Morgan fingerprint density at radius 2 is 2.31 bits per heavy atom. The smallest absolute Gasteiger partial charge is 0.223 e. The Morgan fingerprint density at radius 3 is 2.75 bits per heavy atom. The molecule has 2 rings (SSSR count). The Kier molecular flexibility index (Phi) is 3.50. The van der Waals surface area contributed by atoms with Crippen LogP contribution in [0.15, 0.2) is 0 Å². The maximum Gasteiger partial charge on any atom is 0.223 e. The molecular formula is C12H21NO2S. The van der Waals surface area contributed by atoms with E-state index in [9.17, 15) is 9.90 Å². The molecular weight excluding hydrogens is 222 g/mol. The number of hydrogen-bond donors (Lipinski definition) is 2. The van der Waals surface area contributed by atoms with E-state index in [0.717, 1.165) is 38.1 Å². The third-order valence-electron chi connectivity index (χ3n) is 4.08. The Bertz CT molecular complexity index is 276.